The van der Waals surface area contributed by atoms with Crippen molar-refractivity contribution in [2.75, 3.05) is 31.1 Å². The van der Waals surface area contributed by atoms with Gasteiger partial charge in [0.25, 0.3) is 0 Å². The number of aromatic amines is 1. The zero-order chi connectivity index (χ0) is 22.6. The number of carbonyl (C=O) groups excluding carboxylic acids is 1. The van der Waals surface area contributed by atoms with Crippen LogP contribution in [-0.2, 0) is 4.79 Å². The molecule has 0 bridgehead atoms. The number of nitrogens with two attached hydrogens (primary N) is 1. The van der Waals surface area contributed by atoms with Gasteiger partial charge in [-0.05, 0) is 31.4 Å². The first kappa shape index (κ1) is 20.9. The second-order valence-corrected chi connectivity index (χ2v) is 9.90. The first-order valence-corrected chi connectivity index (χ1v) is 11.7. The summed E-state index contributed by atoms with van der Waals surface area (Å²) in [5.74, 6) is 0.0342. The van der Waals surface area contributed by atoms with Crippen LogP contribution in [0.2, 0.25) is 0 Å². The standard InChI is InChI=1S/C22H28N8OS/c1-12(2)17-18(15-7-13(3)20-24-11-25-30(20)9-15)26-21-19(17)27-22(32-21)29-6-5-28(8-14(29)4)10-16(23)31/h7,9,11-12,14,26H,5-6,8,10H2,1-4H3,(H2,23,31). The summed E-state index contributed by atoms with van der Waals surface area (Å²) in [5, 5.41) is 5.35. The lowest BCUT2D eigenvalue weighted by molar-refractivity contribution is -0.119. The van der Waals surface area contributed by atoms with Gasteiger partial charge in [0, 0.05) is 43.0 Å². The molecule has 0 aromatic carbocycles. The van der Waals surface area contributed by atoms with Gasteiger partial charge < -0.3 is 15.6 Å². The molecule has 1 amide bonds. The predicted octanol–water partition coefficient (Wildman–Crippen LogP) is 2.76. The summed E-state index contributed by atoms with van der Waals surface area (Å²) in [6.07, 6.45) is 3.61. The largest absolute Gasteiger partial charge is 0.369 e. The third kappa shape index (κ3) is 3.53. The summed E-state index contributed by atoms with van der Waals surface area (Å²) >= 11 is 1.69. The highest BCUT2D eigenvalue weighted by molar-refractivity contribution is 7.21. The molecule has 1 saturated heterocycles. The second kappa shape index (κ2) is 7.86. The maximum atomic E-state index is 11.3. The van der Waals surface area contributed by atoms with Crippen LogP contribution in [-0.4, -0.2) is 67.6 Å². The Morgan fingerprint density at radius 3 is 2.91 bits per heavy atom. The maximum absolute atomic E-state index is 11.3. The molecule has 4 aromatic heterocycles. The number of rotatable bonds is 5. The highest BCUT2D eigenvalue weighted by Crippen LogP contribution is 2.40. The van der Waals surface area contributed by atoms with Crippen LogP contribution >= 0.6 is 11.3 Å². The minimum atomic E-state index is -0.276. The molecule has 0 radical (unpaired) electrons. The molecule has 0 spiro atoms. The summed E-state index contributed by atoms with van der Waals surface area (Å²) in [6.45, 7) is 11.4. The Hall–Kier alpha value is -2.98. The molecule has 1 aliphatic rings. The number of piperazine rings is 1. The Morgan fingerprint density at radius 1 is 1.38 bits per heavy atom. The molecule has 5 heterocycles. The average Bonchev–Trinajstić information content (AvgIpc) is 3.40. The van der Waals surface area contributed by atoms with Crippen LogP contribution in [0.1, 0.15) is 37.8 Å². The number of carbonyl (C=O) groups is 1. The van der Waals surface area contributed by atoms with Crippen LogP contribution in [0, 0.1) is 6.92 Å². The molecule has 1 aliphatic heterocycles. The summed E-state index contributed by atoms with van der Waals surface area (Å²) in [5.41, 5.74) is 11.8. The number of nitrogens with zero attached hydrogens (tertiary/aromatic N) is 6. The molecular formula is C22H28N8OS. The topological polar surface area (TPSA) is 108 Å². The smallest absolute Gasteiger partial charge is 0.231 e. The molecule has 0 aliphatic carbocycles. The maximum Gasteiger partial charge on any atom is 0.231 e. The molecule has 1 fully saturated rings. The minimum absolute atomic E-state index is 0.262. The van der Waals surface area contributed by atoms with Crippen molar-refractivity contribution in [2.45, 2.75) is 39.7 Å². The van der Waals surface area contributed by atoms with Gasteiger partial charge in [-0.15, -0.1) is 0 Å². The van der Waals surface area contributed by atoms with Gasteiger partial charge in [-0.1, -0.05) is 25.2 Å². The first-order valence-electron chi connectivity index (χ1n) is 10.9. The van der Waals surface area contributed by atoms with E-state index in [2.05, 4.69) is 58.6 Å². The van der Waals surface area contributed by atoms with Crippen molar-refractivity contribution in [2.24, 2.45) is 5.73 Å². The Bertz CT molecular complexity index is 1300. The van der Waals surface area contributed by atoms with Gasteiger partial charge in [-0.25, -0.2) is 14.5 Å². The van der Waals surface area contributed by atoms with Crippen molar-refractivity contribution in [3.63, 3.8) is 0 Å². The van der Waals surface area contributed by atoms with Crippen LogP contribution in [0.25, 0.3) is 27.3 Å². The second-order valence-electron chi connectivity index (χ2n) is 8.93. The number of nitrogens with one attached hydrogen (secondary N) is 1. The van der Waals surface area contributed by atoms with Crippen molar-refractivity contribution < 1.29 is 4.79 Å². The Morgan fingerprint density at radius 2 is 2.19 bits per heavy atom. The molecule has 5 rings (SSSR count). The number of aromatic nitrogens is 5. The van der Waals surface area contributed by atoms with Crippen LogP contribution in [0.15, 0.2) is 18.6 Å². The number of fused-ring (bicyclic) bond motifs is 2. The Balaban J connectivity index is 1.51. The molecule has 3 N–H and O–H groups in total. The normalized spacial score (nSPS) is 17.8. The number of anilines is 1. The van der Waals surface area contributed by atoms with Crippen LogP contribution < -0.4 is 10.6 Å². The molecular weight excluding hydrogens is 424 g/mol. The van der Waals surface area contributed by atoms with Crippen LogP contribution in [0.4, 0.5) is 5.13 Å². The Labute approximate surface area is 190 Å². The van der Waals surface area contributed by atoms with E-state index in [9.17, 15) is 4.79 Å². The van der Waals surface area contributed by atoms with E-state index in [0.717, 1.165) is 57.6 Å². The highest BCUT2D eigenvalue weighted by atomic mass is 32.1. The SMILES string of the molecule is Cc1cc(-c2[nH]c3sc(N4CCN(CC(N)=O)CC4C)nc3c2C(C)C)cn2ncnc12. The summed E-state index contributed by atoms with van der Waals surface area (Å²) in [4.78, 5) is 29.9. The molecule has 1 unspecified atom stereocenters. The van der Waals surface area contributed by atoms with Gasteiger partial charge in [0.05, 0.1) is 12.2 Å². The van der Waals surface area contributed by atoms with Gasteiger partial charge in [-0.3, -0.25) is 9.69 Å². The molecule has 32 heavy (non-hydrogen) atoms. The quantitative estimate of drug-likeness (QED) is 0.482. The van der Waals surface area contributed by atoms with Gasteiger partial charge in [0.15, 0.2) is 10.8 Å². The van der Waals surface area contributed by atoms with Crippen molar-refractivity contribution in [1.82, 2.24) is 29.5 Å². The van der Waals surface area contributed by atoms with E-state index in [1.807, 2.05) is 10.7 Å². The minimum Gasteiger partial charge on any atom is -0.369 e. The third-order valence-corrected chi connectivity index (χ3v) is 7.15. The lowest BCUT2D eigenvalue weighted by atomic mass is 9.99. The molecule has 168 valence electrons. The number of hydrogen-bond acceptors (Lipinski definition) is 7. The average molecular weight is 453 g/mol. The van der Waals surface area contributed by atoms with E-state index >= 15 is 0 Å². The number of hydrogen-bond donors (Lipinski definition) is 2. The Kier molecular flexibility index (Phi) is 5.13. The van der Waals surface area contributed by atoms with E-state index in [1.165, 1.54) is 5.56 Å². The molecule has 10 heteroatoms. The van der Waals surface area contributed by atoms with E-state index in [-0.39, 0.29) is 11.9 Å². The fourth-order valence-electron chi connectivity index (χ4n) is 4.70. The predicted molar refractivity (Wildman–Crippen MR) is 127 cm³/mol. The first-order chi connectivity index (χ1) is 15.3. The monoisotopic (exact) mass is 452 g/mol. The lowest BCUT2D eigenvalue weighted by Crippen LogP contribution is -2.53. The summed E-state index contributed by atoms with van der Waals surface area (Å²) in [7, 11) is 0. The van der Waals surface area contributed by atoms with Gasteiger partial charge in [0.1, 0.15) is 16.7 Å². The number of primary amides is 1. The van der Waals surface area contributed by atoms with Gasteiger partial charge >= 0.3 is 0 Å². The van der Waals surface area contributed by atoms with Crippen molar-refractivity contribution in [3.8, 4) is 11.3 Å². The zero-order valence-corrected chi connectivity index (χ0v) is 19.6. The summed E-state index contributed by atoms with van der Waals surface area (Å²) < 4.78 is 1.83. The molecule has 0 saturated carbocycles. The van der Waals surface area contributed by atoms with Crippen molar-refractivity contribution in [1.29, 1.82) is 0 Å². The van der Waals surface area contributed by atoms with Crippen molar-refractivity contribution >= 4 is 38.4 Å². The summed E-state index contributed by atoms with van der Waals surface area (Å²) in [6, 6.07) is 2.42. The molecule has 1 atom stereocenters. The number of pyridine rings is 1. The van der Waals surface area contributed by atoms with E-state index in [1.54, 1.807) is 17.7 Å². The van der Waals surface area contributed by atoms with E-state index in [4.69, 9.17) is 10.7 Å². The number of H-pyrrole nitrogens is 1. The molecule has 9 nitrogen and oxygen atoms in total. The van der Waals surface area contributed by atoms with Crippen LogP contribution in [0.3, 0.4) is 0 Å². The zero-order valence-electron chi connectivity index (χ0n) is 18.8. The van der Waals surface area contributed by atoms with E-state index < -0.39 is 0 Å². The van der Waals surface area contributed by atoms with Crippen molar-refractivity contribution in [3.05, 3.63) is 29.7 Å². The fourth-order valence-corrected chi connectivity index (χ4v) is 5.81. The number of thiazole rings is 1. The fraction of sp³-hybridized carbons (Fsp3) is 0.455. The number of amides is 1. The third-order valence-electron chi connectivity index (χ3n) is 6.14. The van der Waals surface area contributed by atoms with Gasteiger partial charge in [-0.2, -0.15) is 5.10 Å². The van der Waals surface area contributed by atoms with Gasteiger partial charge in [0.2, 0.25) is 5.91 Å². The number of aryl methyl sites for hydroxylation is 1. The highest BCUT2D eigenvalue weighted by Gasteiger charge is 2.28. The molecule has 4 aromatic rings. The lowest BCUT2D eigenvalue weighted by Gasteiger charge is -2.39. The van der Waals surface area contributed by atoms with Crippen LogP contribution in [0.5, 0.6) is 0 Å². The van der Waals surface area contributed by atoms with E-state index in [0.29, 0.717) is 12.5 Å².